The first kappa shape index (κ1) is 20.3. The largest absolute Gasteiger partial charge is 0.573 e. The smallest absolute Gasteiger partial charge is 0.424 e. The van der Waals surface area contributed by atoms with Gasteiger partial charge in [-0.25, -0.2) is 0 Å². The Morgan fingerprint density at radius 1 is 1.14 bits per heavy atom. The average Bonchev–Trinajstić information content (AvgIpc) is 3.03. The number of fused-ring (bicyclic) bond motifs is 1. The topological polar surface area (TPSA) is 62.6 Å². The highest BCUT2D eigenvalue weighted by atomic mass is 19.4. The van der Waals surface area contributed by atoms with Crippen molar-refractivity contribution in [1.82, 2.24) is 15.2 Å². The highest BCUT2D eigenvalue weighted by Crippen LogP contribution is 2.29. The van der Waals surface area contributed by atoms with Crippen LogP contribution in [0, 0.1) is 0 Å². The summed E-state index contributed by atoms with van der Waals surface area (Å²) >= 11 is 0. The molecule has 4 rings (SSSR count). The van der Waals surface area contributed by atoms with Crippen LogP contribution in [-0.2, 0) is 0 Å². The van der Waals surface area contributed by atoms with E-state index in [9.17, 15) is 13.2 Å². The Morgan fingerprint density at radius 2 is 1.93 bits per heavy atom. The number of hydrogen-bond acceptors (Lipinski definition) is 6. The van der Waals surface area contributed by atoms with Gasteiger partial charge in [0.1, 0.15) is 11.3 Å². The number of likely N-dealkylation sites (tertiary alicyclic amines) is 1. The number of likely N-dealkylation sites (N-methyl/N-ethyl adjacent to an activating group) is 1. The molecule has 6 nitrogen and oxygen atoms in total. The molecule has 0 spiro atoms. The minimum atomic E-state index is -4.73. The average molecular weight is 412 g/mol. The summed E-state index contributed by atoms with van der Waals surface area (Å²) in [4.78, 5) is 6.68. The number of aromatic nitrogens is 1. The van der Waals surface area contributed by atoms with E-state index in [2.05, 4.69) is 32.3 Å². The Balaban J connectivity index is 1.44. The van der Waals surface area contributed by atoms with Crippen LogP contribution in [0.4, 0.5) is 19.2 Å². The molecular formula is C20H27F3N4O2. The van der Waals surface area contributed by atoms with E-state index in [1.807, 2.05) is 0 Å². The molecule has 2 N–H and O–H groups in total. The molecule has 1 aromatic heterocycles. The van der Waals surface area contributed by atoms with Crippen molar-refractivity contribution < 1.29 is 22.3 Å². The fourth-order valence-electron chi connectivity index (χ4n) is 4.43. The molecule has 0 radical (unpaired) electrons. The molecule has 9 heteroatoms. The van der Waals surface area contributed by atoms with Crippen LogP contribution in [0.1, 0.15) is 38.5 Å². The molecule has 1 aromatic carbocycles. The number of halogens is 3. The molecule has 1 saturated heterocycles. The summed E-state index contributed by atoms with van der Waals surface area (Å²) in [7, 11) is 2.15. The van der Waals surface area contributed by atoms with E-state index in [0.29, 0.717) is 29.2 Å². The van der Waals surface area contributed by atoms with Crippen LogP contribution in [0.25, 0.3) is 11.1 Å². The molecule has 2 fully saturated rings. The zero-order chi connectivity index (χ0) is 20.4. The van der Waals surface area contributed by atoms with E-state index in [1.54, 1.807) is 0 Å². The summed E-state index contributed by atoms with van der Waals surface area (Å²) in [6, 6.07) is 5.23. The molecule has 1 saturated carbocycles. The van der Waals surface area contributed by atoms with Crippen molar-refractivity contribution in [3.63, 3.8) is 0 Å². The highest BCUT2D eigenvalue weighted by molar-refractivity contribution is 5.76. The number of alkyl halides is 3. The Morgan fingerprint density at radius 3 is 2.69 bits per heavy atom. The van der Waals surface area contributed by atoms with E-state index in [0.717, 1.165) is 32.4 Å². The van der Waals surface area contributed by atoms with Crippen LogP contribution in [0.5, 0.6) is 5.75 Å². The number of oxazole rings is 1. The van der Waals surface area contributed by atoms with Gasteiger partial charge in [0, 0.05) is 30.7 Å². The predicted octanol–water partition coefficient (Wildman–Crippen LogP) is 4.13. The van der Waals surface area contributed by atoms with Crippen molar-refractivity contribution in [2.75, 3.05) is 25.5 Å². The second-order valence-corrected chi connectivity index (χ2v) is 8.11. The van der Waals surface area contributed by atoms with Gasteiger partial charge in [0.2, 0.25) is 0 Å². The molecule has 1 aliphatic heterocycles. The number of hydrogen-bond donors (Lipinski definition) is 2. The fraction of sp³-hybridized carbons (Fsp3) is 0.650. The third-order valence-corrected chi connectivity index (χ3v) is 5.74. The number of nitrogens with one attached hydrogen (secondary N) is 2. The van der Waals surface area contributed by atoms with Crippen molar-refractivity contribution >= 4 is 17.1 Å². The molecule has 29 heavy (non-hydrogen) atoms. The van der Waals surface area contributed by atoms with Gasteiger partial charge in [-0.05, 0) is 51.4 Å². The minimum absolute atomic E-state index is 0.176. The van der Waals surface area contributed by atoms with Gasteiger partial charge in [-0.1, -0.05) is 12.8 Å². The lowest BCUT2D eigenvalue weighted by Gasteiger charge is -2.38. The van der Waals surface area contributed by atoms with E-state index in [-0.39, 0.29) is 11.8 Å². The Bertz CT molecular complexity index is 826. The molecule has 3 unspecified atom stereocenters. The maximum Gasteiger partial charge on any atom is 0.573 e. The molecule has 3 atom stereocenters. The van der Waals surface area contributed by atoms with Gasteiger partial charge in [0.25, 0.3) is 6.01 Å². The van der Waals surface area contributed by atoms with Crippen molar-refractivity contribution in [2.45, 2.75) is 63.0 Å². The van der Waals surface area contributed by atoms with Gasteiger partial charge in [-0.3, -0.25) is 0 Å². The predicted molar refractivity (Wildman–Crippen MR) is 104 cm³/mol. The van der Waals surface area contributed by atoms with Gasteiger partial charge in [0.15, 0.2) is 5.58 Å². The van der Waals surface area contributed by atoms with E-state index >= 15 is 0 Å². The monoisotopic (exact) mass is 412 g/mol. The van der Waals surface area contributed by atoms with Crippen LogP contribution in [0.2, 0.25) is 0 Å². The van der Waals surface area contributed by atoms with Crippen molar-refractivity contribution in [3.8, 4) is 5.75 Å². The number of piperidine rings is 1. The lowest BCUT2D eigenvalue weighted by atomic mass is 9.89. The maximum absolute atomic E-state index is 12.4. The summed E-state index contributed by atoms with van der Waals surface area (Å²) in [5, 5.41) is 7.18. The van der Waals surface area contributed by atoms with Crippen molar-refractivity contribution in [2.24, 2.45) is 0 Å². The molecule has 0 amide bonds. The maximum atomic E-state index is 12.4. The zero-order valence-electron chi connectivity index (χ0n) is 16.5. The SMILES string of the molecule is CN1CCCC(NC2CCCCC2Nc2nc3cc(OC(F)(F)F)ccc3o2)C1. The van der Waals surface area contributed by atoms with Crippen LogP contribution in [-0.4, -0.2) is 54.5 Å². The van der Waals surface area contributed by atoms with E-state index < -0.39 is 6.36 Å². The van der Waals surface area contributed by atoms with Crippen LogP contribution in [0.3, 0.4) is 0 Å². The summed E-state index contributed by atoms with van der Waals surface area (Å²) in [6.07, 6.45) is 2.05. The summed E-state index contributed by atoms with van der Waals surface area (Å²) in [6.45, 7) is 2.20. The summed E-state index contributed by atoms with van der Waals surface area (Å²) in [5.74, 6) is -0.302. The number of ether oxygens (including phenoxy) is 1. The third-order valence-electron chi connectivity index (χ3n) is 5.74. The molecule has 1 aliphatic carbocycles. The van der Waals surface area contributed by atoms with Gasteiger partial charge >= 0.3 is 6.36 Å². The second-order valence-electron chi connectivity index (χ2n) is 8.11. The zero-order valence-corrected chi connectivity index (χ0v) is 16.5. The molecule has 2 aliphatic rings. The summed E-state index contributed by atoms with van der Waals surface area (Å²) < 4.78 is 47.0. The molecule has 2 heterocycles. The Labute approximate surface area is 167 Å². The standard InChI is InChI=1S/C20H27F3N4O2/c1-27-10-4-5-13(12-27)24-15-6-2-3-7-16(15)25-19-26-17-11-14(29-20(21,22)23)8-9-18(17)28-19/h8-9,11,13,15-16,24H,2-7,10,12H2,1H3,(H,25,26). The third kappa shape index (κ3) is 5.33. The fourth-order valence-corrected chi connectivity index (χ4v) is 4.43. The molecule has 0 bridgehead atoms. The van der Waals surface area contributed by atoms with Gasteiger partial charge < -0.3 is 24.7 Å². The first-order chi connectivity index (χ1) is 13.9. The van der Waals surface area contributed by atoms with Gasteiger partial charge in [0.05, 0.1) is 0 Å². The molecular weight excluding hydrogens is 385 g/mol. The van der Waals surface area contributed by atoms with Crippen LogP contribution < -0.4 is 15.4 Å². The normalized spacial score (nSPS) is 26.6. The van der Waals surface area contributed by atoms with Crippen LogP contribution >= 0.6 is 0 Å². The van der Waals surface area contributed by atoms with E-state index in [4.69, 9.17) is 4.42 Å². The van der Waals surface area contributed by atoms with Gasteiger partial charge in [-0.15, -0.1) is 13.2 Å². The van der Waals surface area contributed by atoms with E-state index in [1.165, 1.54) is 37.5 Å². The lowest BCUT2D eigenvalue weighted by molar-refractivity contribution is -0.274. The summed E-state index contributed by atoms with van der Waals surface area (Å²) in [5.41, 5.74) is 0.764. The van der Waals surface area contributed by atoms with Crippen molar-refractivity contribution in [3.05, 3.63) is 18.2 Å². The molecule has 2 aromatic rings. The molecule has 160 valence electrons. The number of nitrogens with zero attached hydrogens (tertiary/aromatic N) is 2. The Hall–Kier alpha value is -2.00. The second kappa shape index (κ2) is 8.39. The Kier molecular flexibility index (Phi) is 5.87. The van der Waals surface area contributed by atoms with Gasteiger partial charge in [-0.2, -0.15) is 4.98 Å². The van der Waals surface area contributed by atoms with Crippen molar-refractivity contribution in [1.29, 1.82) is 0 Å². The number of rotatable bonds is 5. The first-order valence-corrected chi connectivity index (χ1v) is 10.2. The number of anilines is 1. The lowest BCUT2D eigenvalue weighted by Crippen LogP contribution is -2.54. The number of benzene rings is 1. The minimum Gasteiger partial charge on any atom is -0.424 e. The quantitative estimate of drug-likeness (QED) is 0.770. The first-order valence-electron chi connectivity index (χ1n) is 10.2. The van der Waals surface area contributed by atoms with Crippen LogP contribution in [0.15, 0.2) is 22.6 Å². The highest BCUT2D eigenvalue weighted by Gasteiger charge is 2.32.